The number of phosphoric ester groups is 1. The van der Waals surface area contributed by atoms with Crippen LogP contribution < -0.4 is 5.32 Å². The highest BCUT2D eigenvalue weighted by molar-refractivity contribution is 7.47. The fraction of sp³-hybridized carbons (Fsp3) is 0.914. The van der Waals surface area contributed by atoms with E-state index in [2.05, 4.69) is 21.3 Å². The van der Waals surface area contributed by atoms with Crippen molar-refractivity contribution in [3.8, 4) is 0 Å². The highest BCUT2D eigenvalue weighted by atomic mass is 31.2. The molecular formula is C35H68NO10P. The average molecular weight is 694 g/mol. The molecule has 0 aromatic carbocycles. The maximum Gasteiger partial charge on any atom is 0.472 e. The number of esters is 1. The van der Waals surface area contributed by atoms with Crippen LogP contribution in [0.25, 0.3) is 0 Å². The molecule has 0 fully saturated rings. The van der Waals surface area contributed by atoms with E-state index in [-0.39, 0.29) is 12.8 Å². The van der Waals surface area contributed by atoms with Gasteiger partial charge in [0, 0.05) is 12.8 Å². The van der Waals surface area contributed by atoms with Gasteiger partial charge in [0.05, 0.1) is 13.2 Å². The molecular weight excluding hydrogens is 625 g/mol. The molecule has 0 aliphatic heterocycles. The number of aliphatic hydroxyl groups excluding tert-OH is 1. The van der Waals surface area contributed by atoms with Crippen molar-refractivity contribution in [1.82, 2.24) is 5.32 Å². The van der Waals surface area contributed by atoms with Crippen LogP contribution in [0.1, 0.15) is 174 Å². The van der Waals surface area contributed by atoms with Gasteiger partial charge in [-0.3, -0.25) is 18.6 Å². The third-order valence-corrected chi connectivity index (χ3v) is 9.16. The number of amides is 1. The van der Waals surface area contributed by atoms with Crippen molar-refractivity contribution in [2.45, 2.75) is 187 Å². The minimum atomic E-state index is -4.71. The van der Waals surface area contributed by atoms with E-state index in [0.29, 0.717) is 6.42 Å². The van der Waals surface area contributed by atoms with Gasteiger partial charge in [0.1, 0.15) is 12.7 Å². The first-order valence-electron chi connectivity index (χ1n) is 18.6. The van der Waals surface area contributed by atoms with Gasteiger partial charge in [-0.15, -0.1) is 0 Å². The Balaban J connectivity index is 3.56. The van der Waals surface area contributed by atoms with Crippen LogP contribution in [-0.4, -0.2) is 64.9 Å². The predicted octanol–water partition coefficient (Wildman–Crippen LogP) is 8.39. The quantitative estimate of drug-likeness (QED) is 0.0287. The Bertz CT molecular complexity index is 828. The number of hydrogen-bond donors (Lipinski definition) is 4. The summed E-state index contributed by atoms with van der Waals surface area (Å²) in [4.78, 5) is 44.1. The highest BCUT2D eigenvalue weighted by Crippen LogP contribution is 2.43. The van der Waals surface area contributed by atoms with Crippen molar-refractivity contribution in [1.29, 1.82) is 0 Å². The highest BCUT2D eigenvalue weighted by Gasteiger charge is 2.28. The molecule has 4 N–H and O–H groups in total. The lowest BCUT2D eigenvalue weighted by Crippen LogP contribution is -2.43. The van der Waals surface area contributed by atoms with Gasteiger partial charge in [-0.2, -0.15) is 0 Å². The van der Waals surface area contributed by atoms with Gasteiger partial charge in [0.15, 0.2) is 6.04 Å². The Hall–Kier alpha value is -1.52. The van der Waals surface area contributed by atoms with E-state index in [1.54, 1.807) is 0 Å². The number of unbranched alkanes of at least 4 members (excludes halogenated alkanes) is 22. The predicted molar refractivity (Wildman–Crippen MR) is 185 cm³/mol. The van der Waals surface area contributed by atoms with Crippen LogP contribution in [0.3, 0.4) is 0 Å². The fourth-order valence-electron chi connectivity index (χ4n) is 5.22. The normalized spacial score (nSPS) is 14.0. The molecule has 11 nitrogen and oxygen atoms in total. The van der Waals surface area contributed by atoms with E-state index < -0.39 is 57.6 Å². The molecule has 278 valence electrons. The largest absolute Gasteiger partial charge is 0.480 e. The molecule has 0 saturated carbocycles. The minimum Gasteiger partial charge on any atom is -0.480 e. The summed E-state index contributed by atoms with van der Waals surface area (Å²) in [7, 11) is -4.71. The molecule has 3 atom stereocenters. The molecule has 0 heterocycles. The summed E-state index contributed by atoms with van der Waals surface area (Å²) in [5, 5.41) is 21.1. The molecule has 0 bridgehead atoms. The SMILES string of the molecule is CCCCCCCCCCCCCCCCCCCCCCCCCC(=O)OCC(O)COP(=O)(O)OCC(NC(=O)CC)C(=O)O. The maximum absolute atomic E-state index is 11.9. The molecule has 0 saturated heterocycles. The van der Waals surface area contributed by atoms with Gasteiger partial charge in [-0.25, -0.2) is 9.36 Å². The number of carbonyl (C=O) groups excluding carboxylic acids is 2. The van der Waals surface area contributed by atoms with E-state index in [9.17, 15) is 28.9 Å². The second kappa shape index (κ2) is 31.7. The van der Waals surface area contributed by atoms with Crippen molar-refractivity contribution < 1.29 is 47.8 Å². The number of nitrogens with one attached hydrogen (secondary N) is 1. The summed E-state index contributed by atoms with van der Waals surface area (Å²) >= 11 is 0. The first-order chi connectivity index (χ1) is 22.6. The summed E-state index contributed by atoms with van der Waals surface area (Å²) < 4.78 is 26.2. The maximum atomic E-state index is 11.9. The summed E-state index contributed by atoms with van der Waals surface area (Å²) in [6.07, 6.45) is 28.9. The molecule has 0 radical (unpaired) electrons. The molecule has 0 aromatic heterocycles. The Morgan fingerprint density at radius 3 is 1.38 bits per heavy atom. The molecule has 12 heteroatoms. The van der Waals surface area contributed by atoms with Crippen LogP contribution in [0.5, 0.6) is 0 Å². The number of ether oxygens (including phenoxy) is 1. The van der Waals surface area contributed by atoms with Gasteiger partial charge < -0.3 is 25.2 Å². The summed E-state index contributed by atoms with van der Waals surface area (Å²) in [6.45, 7) is 1.91. The fourth-order valence-corrected chi connectivity index (χ4v) is 5.99. The van der Waals surface area contributed by atoms with Crippen LogP contribution >= 0.6 is 7.82 Å². The number of aliphatic hydroxyl groups is 1. The van der Waals surface area contributed by atoms with E-state index in [1.165, 1.54) is 129 Å². The smallest absolute Gasteiger partial charge is 0.472 e. The van der Waals surface area contributed by atoms with Crippen LogP contribution in [0.4, 0.5) is 0 Å². The molecule has 3 unspecified atom stereocenters. The zero-order chi connectivity index (χ0) is 35.0. The van der Waals surface area contributed by atoms with Crippen molar-refractivity contribution in [3.05, 3.63) is 0 Å². The summed E-state index contributed by atoms with van der Waals surface area (Å²) in [5.74, 6) is -2.48. The van der Waals surface area contributed by atoms with Gasteiger partial charge >= 0.3 is 19.8 Å². The number of phosphoric acid groups is 1. The van der Waals surface area contributed by atoms with E-state index in [1.807, 2.05) is 0 Å². The topological polar surface area (TPSA) is 169 Å². The second-order valence-corrected chi connectivity index (χ2v) is 14.2. The second-order valence-electron chi connectivity index (χ2n) is 12.7. The Kier molecular flexibility index (Phi) is 30.7. The lowest BCUT2D eigenvalue weighted by atomic mass is 10.0. The average Bonchev–Trinajstić information content (AvgIpc) is 3.04. The van der Waals surface area contributed by atoms with E-state index >= 15 is 0 Å². The van der Waals surface area contributed by atoms with Gasteiger partial charge in [-0.1, -0.05) is 155 Å². The van der Waals surface area contributed by atoms with Crippen LogP contribution in [0.2, 0.25) is 0 Å². The van der Waals surface area contributed by atoms with Gasteiger partial charge in [-0.05, 0) is 6.42 Å². The third kappa shape index (κ3) is 31.5. The lowest BCUT2D eigenvalue weighted by Gasteiger charge is -2.18. The van der Waals surface area contributed by atoms with Crippen molar-refractivity contribution in [2.24, 2.45) is 0 Å². The number of carboxylic acids is 1. The minimum absolute atomic E-state index is 0.0294. The number of carbonyl (C=O) groups is 3. The number of carboxylic acid groups (broad SMARTS) is 1. The standard InChI is InChI=1S/C35H68NO10P/c1-3-5-6-7-8-9-10-11-12-13-14-15-16-17-18-19-20-21-22-23-24-25-26-27-34(39)44-28-31(37)29-45-47(42,43)46-30-32(35(40)41)36-33(38)4-2/h31-32,37H,3-30H2,1-2H3,(H,36,38)(H,40,41)(H,42,43). The first-order valence-corrected chi connectivity index (χ1v) is 20.1. The third-order valence-electron chi connectivity index (χ3n) is 8.21. The van der Waals surface area contributed by atoms with Crippen molar-refractivity contribution in [3.63, 3.8) is 0 Å². The van der Waals surface area contributed by atoms with E-state index in [0.717, 1.165) is 19.3 Å². The number of rotatable bonds is 35. The van der Waals surface area contributed by atoms with Crippen molar-refractivity contribution >= 4 is 25.7 Å². The Morgan fingerprint density at radius 2 is 1.00 bits per heavy atom. The number of aliphatic carboxylic acids is 1. The molecule has 0 aromatic rings. The van der Waals surface area contributed by atoms with Crippen LogP contribution in [0, 0.1) is 0 Å². The lowest BCUT2D eigenvalue weighted by molar-refractivity contribution is -0.147. The zero-order valence-corrected chi connectivity index (χ0v) is 30.5. The van der Waals surface area contributed by atoms with E-state index in [4.69, 9.17) is 9.84 Å². The molecule has 0 rings (SSSR count). The first kappa shape index (κ1) is 45.5. The summed E-state index contributed by atoms with van der Waals surface area (Å²) in [5.41, 5.74) is 0. The van der Waals surface area contributed by atoms with Crippen molar-refractivity contribution in [2.75, 3.05) is 19.8 Å². The molecule has 1 amide bonds. The number of hydrogen-bond acceptors (Lipinski definition) is 8. The van der Waals surface area contributed by atoms with Crippen LogP contribution in [0.15, 0.2) is 0 Å². The van der Waals surface area contributed by atoms with Crippen LogP contribution in [-0.2, 0) is 32.7 Å². The molecule has 47 heavy (non-hydrogen) atoms. The Morgan fingerprint density at radius 1 is 0.617 bits per heavy atom. The molecule has 0 aliphatic carbocycles. The monoisotopic (exact) mass is 693 g/mol. The molecule has 0 aliphatic rings. The van der Waals surface area contributed by atoms with Gasteiger partial charge in [0.25, 0.3) is 0 Å². The summed E-state index contributed by atoms with van der Waals surface area (Å²) in [6, 6.07) is -1.54. The molecule has 0 spiro atoms. The van der Waals surface area contributed by atoms with Gasteiger partial charge in [0.2, 0.25) is 5.91 Å². The zero-order valence-electron chi connectivity index (χ0n) is 29.6. The Labute approximate surface area is 284 Å².